The van der Waals surface area contributed by atoms with Crippen molar-refractivity contribution >= 4 is 45.1 Å². The van der Waals surface area contributed by atoms with Crippen molar-refractivity contribution in [3.8, 4) is 0 Å². The van der Waals surface area contributed by atoms with Gasteiger partial charge < -0.3 is 15.6 Å². The number of hydrogen-bond donors (Lipinski definition) is 5. The molecule has 1 aromatic heterocycles. The van der Waals surface area contributed by atoms with E-state index in [0.29, 0.717) is 12.0 Å². The van der Waals surface area contributed by atoms with Crippen LogP contribution in [0.1, 0.15) is 48.3 Å². The standard InChI is InChI=1S/C26H30N4O3S.C2HF3O2/c1-33-26(32)18-9-5-6-10-22(18)29-30-25(31)20(13-16-7-3-2-4-8-16)21-15-34-23-12-11-17(24(27)28)14-19(21)23;3-2(4,5)1(6)7/h2-4,7-8,11-12,14-15,18,20,22,29H,5-6,9-10,13H2,1H3,(H3,27,28)(H,30,31);(H,6,7)/t18-,20-,22?;/m0./s1. The highest BCUT2D eigenvalue weighted by Gasteiger charge is 2.38. The first-order chi connectivity index (χ1) is 19.4. The Hall–Kier alpha value is -3.97. The van der Waals surface area contributed by atoms with Crippen LogP contribution < -0.4 is 16.6 Å². The van der Waals surface area contributed by atoms with Gasteiger partial charge in [0.25, 0.3) is 0 Å². The zero-order chi connectivity index (χ0) is 30.2. The van der Waals surface area contributed by atoms with E-state index in [9.17, 15) is 22.8 Å². The molecule has 1 aliphatic carbocycles. The molecule has 0 aliphatic heterocycles. The monoisotopic (exact) mass is 592 g/mol. The molecule has 2 aromatic carbocycles. The third-order valence-electron chi connectivity index (χ3n) is 6.78. The van der Waals surface area contributed by atoms with Gasteiger partial charge in [0.15, 0.2) is 0 Å². The molecule has 1 fully saturated rings. The van der Waals surface area contributed by atoms with Crippen LogP contribution in [0, 0.1) is 11.3 Å². The summed E-state index contributed by atoms with van der Waals surface area (Å²) in [5, 5.41) is 17.9. The number of hydrogen-bond acceptors (Lipinski definition) is 7. The topological polar surface area (TPSA) is 155 Å². The van der Waals surface area contributed by atoms with Crippen molar-refractivity contribution < 1.29 is 37.4 Å². The first-order valence-corrected chi connectivity index (χ1v) is 13.6. The number of esters is 1. The molecule has 1 amide bonds. The van der Waals surface area contributed by atoms with Gasteiger partial charge in [0, 0.05) is 16.3 Å². The Bertz CT molecular complexity index is 1380. The van der Waals surface area contributed by atoms with Gasteiger partial charge in [-0.15, -0.1) is 11.3 Å². The molecule has 1 unspecified atom stereocenters. The third kappa shape index (κ3) is 8.51. The lowest BCUT2D eigenvalue weighted by molar-refractivity contribution is -0.192. The number of amides is 1. The summed E-state index contributed by atoms with van der Waals surface area (Å²) < 4.78 is 37.7. The lowest BCUT2D eigenvalue weighted by Crippen LogP contribution is -2.52. The van der Waals surface area contributed by atoms with E-state index in [2.05, 4.69) is 10.9 Å². The average molecular weight is 593 g/mol. The molecule has 220 valence electrons. The van der Waals surface area contributed by atoms with Crippen LogP contribution in [0.2, 0.25) is 0 Å². The van der Waals surface area contributed by atoms with Crippen molar-refractivity contribution in [2.75, 3.05) is 7.11 Å². The maximum Gasteiger partial charge on any atom is 0.490 e. The summed E-state index contributed by atoms with van der Waals surface area (Å²) in [4.78, 5) is 34.7. The SMILES string of the molecule is COC(=O)[C@H]1CCCCC1NNC(=O)[C@@H](Cc1ccccc1)c1csc2ccc(C(=N)N)cc12.O=C(O)C(F)(F)F. The largest absolute Gasteiger partial charge is 0.490 e. The maximum atomic E-state index is 13.5. The molecule has 13 heteroatoms. The fourth-order valence-corrected chi connectivity index (χ4v) is 5.66. The predicted molar refractivity (Wildman–Crippen MR) is 148 cm³/mol. The Labute approximate surface area is 238 Å². The van der Waals surface area contributed by atoms with Crippen LogP contribution in [0.4, 0.5) is 13.2 Å². The van der Waals surface area contributed by atoms with Gasteiger partial charge in [-0.05, 0) is 59.4 Å². The van der Waals surface area contributed by atoms with Crippen molar-refractivity contribution in [2.24, 2.45) is 11.7 Å². The van der Waals surface area contributed by atoms with Gasteiger partial charge in [-0.3, -0.25) is 20.4 Å². The molecule has 9 nitrogen and oxygen atoms in total. The van der Waals surface area contributed by atoms with Crippen LogP contribution in [0.15, 0.2) is 53.9 Å². The predicted octanol–water partition coefficient (Wildman–Crippen LogP) is 4.50. The minimum Gasteiger partial charge on any atom is -0.475 e. The van der Waals surface area contributed by atoms with Crippen LogP contribution in [-0.4, -0.2) is 48.1 Å². The van der Waals surface area contributed by atoms with E-state index in [1.54, 1.807) is 11.3 Å². The fourth-order valence-electron chi connectivity index (χ4n) is 4.67. The van der Waals surface area contributed by atoms with Gasteiger partial charge in [0.05, 0.1) is 18.9 Å². The molecule has 1 aliphatic rings. The smallest absolute Gasteiger partial charge is 0.475 e. The molecule has 1 saturated carbocycles. The second-order valence-electron chi connectivity index (χ2n) is 9.52. The normalized spacial score (nSPS) is 17.6. The summed E-state index contributed by atoms with van der Waals surface area (Å²) in [7, 11) is 1.40. The number of halogens is 3. The van der Waals surface area contributed by atoms with Crippen molar-refractivity contribution in [3.05, 3.63) is 70.6 Å². The minimum absolute atomic E-state index is 0.00377. The van der Waals surface area contributed by atoms with Crippen molar-refractivity contribution in [2.45, 2.75) is 50.2 Å². The highest BCUT2D eigenvalue weighted by Crippen LogP contribution is 2.34. The molecule has 0 saturated heterocycles. The average Bonchev–Trinajstić information content (AvgIpc) is 3.37. The van der Waals surface area contributed by atoms with E-state index in [1.165, 1.54) is 7.11 Å². The molecule has 6 N–H and O–H groups in total. The van der Waals surface area contributed by atoms with Gasteiger partial charge in [0.2, 0.25) is 5.91 Å². The van der Waals surface area contributed by atoms with Crippen molar-refractivity contribution in [1.29, 1.82) is 5.41 Å². The number of nitrogens with two attached hydrogens (primary N) is 1. The number of carbonyl (C=O) groups is 3. The molecular weight excluding hydrogens is 561 g/mol. The van der Waals surface area contributed by atoms with Gasteiger partial charge in [-0.1, -0.05) is 43.2 Å². The summed E-state index contributed by atoms with van der Waals surface area (Å²) in [6, 6.07) is 15.4. The number of rotatable bonds is 8. The molecule has 3 atom stereocenters. The minimum atomic E-state index is -5.08. The summed E-state index contributed by atoms with van der Waals surface area (Å²) in [6.45, 7) is 0. The van der Waals surface area contributed by atoms with E-state index in [0.717, 1.165) is 46.9 Å². The van der Waals surface area contributed by atoms with Gasteiger partial charge in [-0.25, -0.2) is 10.2 Å². The first-order valence-electron chi connectivity index (χ1n) is 12.7. The zero-order valence-corrected chi connectivity index (χ0v) is 23.0. The fraction of sp³-hybridized carbons (Fsp3) is 0.357. The Morgan fingerprint density at radius 3 is 2.41 bits per heavy atom. The Balaban J connectivity index is 0.000000587. The molecular formula is C28H31F3N4O5S. The number of nitrogen functional groups attached to an aromatic ring is 1. The number of carboxylic acids is 1. The van der Waals surface area contributed by atoms with Gasteiger partial charge in [-0.2, -0.15) is 13.2 Å². The second-order valence-corrected chi connectivity index (χ2v) is 10.4. The number of aliphatic carboxylic acids is 1. The Morgan fingerprint density at radius 2 is 1.80 bits per heavy atom. The molecule has 4 rings (SSSR count). The van der Waals surface area contributed by atoms with E-state index in [-0.39, 0.29) is 29.7 Å². The number of ether oxygens (including phenoxy) is 1. The van der Waals surface area contributed by atoms with Crippen molar-refractivity contribution in [3.63, 3.8) is 0 Å². The van der Waals surface area contributed by atoms with Gasteiger partial charge in [0.1, 0.15) is 5.84 Å². The number of alkyl halides is 3. The number of methoxy groups -OCH3 is 1. The third-order valence-corrected chi connectivity index (χ3v) is 7.76. The lowest BCUT2D eigenvalue weighted by atomic mass is 9.85. The number of carbonyl (C=O) groups excluding carboxylic acids is 2. The first kappa shape index (κ1) is 31.6. The Kier molecular flexibility index (Phi) is 10.8. The van der Waals surface area contributed by atoms with E-state index < -0.39 is 18.1 Å². The summed E-state index contributed by atoms with van der Waals surface area (Å²) in [5.41, 5.74) is 14.4. The molecule has 41 heavy (non-hydrogen) atoms. The zero-order valence-electron chi connectivity index (χ0n) is 22.2. The van der Waals surface area contributed by atoms with Gasteiger partial charge >= 0.3 is 18.1 Å². The van der Waals surface area contributed by atoms with Crippen molar-refractivity contribution in [1.82, 2.24) is 10.9 Å². The van der Waals surface area contributed by atoms with E-state index in [4.69, 9.17) is 25.8 Å². The van der Waals surface area contributed by atoms with Crippen LogP contribution in [0.25, 0.3) is 10.1 Å². The van der Waals surface area contributed by atoms with E-state index >= 15 is 0 Å². The van der Waals surface area contributed by atoms with Crippen LogP contribution >= 0.6 is 11.3 Å². The van der Waals surface area contributed by atoms with Crippen LogP contribution in [-0.2, 0) is 25.5 Å². The highest BCUT2D eigenvalue weighted by molar-refractivity contribution is 7.17. The number of nitrogens with one attached hydrogen (secondary N) is 3. The lowest BCUT2D eigenvalue weighted by Gasteiger charge is -2.31. The molecule has 3 aromatic rings. The Morgan fingerprint density at radius 1 is 1.15 bits per heavy atom. The highest BCUT2D eigenvalue weighted by atomic mass is 32.1. The number of fused-ring (bicyclic) bond motifs is 1. The number of hydrazine groups is 1. The maximum absolute atomic E-state index is 13.5. The summed E-state index contributed by atoms with van der Waals surface area (Å²) >= 11 is 1.57. The number of amidine groups is 1. The molecule has 1 heterocycles. The molecule has 0 spiro atoms. The van der Waals surface area contributed by atoms with E-state index in [1.807, 2.05) is 53.9 Å². The van der Waals surface area contributed by atoms with Crippen LogP contribution in [0.3, 0.4) is 0 Å². The molecule has 0 bridgehead atoms. The number of carboxylic acid groups (broad SMARTS) is 1. The molecule has 0 radical (unpaired) electrons. The quantitative estimate of drug-likeness (QED) is 0.112. The summed E-state index contributed by atoms with van der Waals surface area (Å²) in [5.74, 6) is -3.89. The second kappa shape index (κ2) is 14.1. The van der Waals surface area contributed by atoms with Crippen LogP contribution in [0.5, 0.6) is 0 Å². The summed E-state index contributed by atoms with van der Waals surface area (Å²) in [6.07, 6.45) is -1.04. The number of benzene rings is 2. The number of thiophene rings is 1.